The molecule has 3 heterocycles. The van der Waals surface area contributed by atoms with E-state index in [4.69, 9.17) is 4.74 Å². The Kier molecular flexibility index (Phi) is 4.64. The highest BCUT2D eigenvalue weighted by atomic mass is 32.1. The van der Waals surface area contributed by atoms with Gasteiger partial charge in [0.15, 0.2) is 0 Å². The van der Waals surface area contributed by atoms with Crippen LogP contribution in [0.25, 0.3) is 10.1 Å². The fraction of sp³-hybridized carbons (Fsp3) is 0.391. The van der Waals surface area contributed by atoms with Gasteiger partial charge in [-0.05, 0) is 58.3 Å². The number of hydrogen-bond donors (Lipinski definition) is 0. The second-order valence-corrected chi connectivity index (χ2v) is 8.53. The van der Waals surface area contributed by atoms with E-state index in [1.54, 1.807) is 0 Å². The fourth-order valence-corrected chi connectivity index (χ4v) is 5.30. The van der Waals surface area contributed by atoms with Gasteiger partial charge in [-0.15, -0.1) is 11.3 Å². The lowest BCUT2D eigenvalue weighted by atomic mass is 9.84. The number of ether oxygens (including phenoxy) is 1. The van der Waals surface area contributed by atoms with Crippen molar-refractivity contribution in [2.45, 2.75) is 19.4 Å². The van der Waals surface area contributed by atoms with Crippen molar-refractivity contribution in [2.75, 3.05) is 44.3 Å². The van der Waals surface area contributed by atoms with E-state index in [1.807, 2.05) is 11.3 Å². The summed E-state index contributed by atoms with van der Waals surface area (Å²) in [6, 6.07) is 16.4. The Morgan fingerprint density at radius 1 is 1.07 bits per heavy atom. The second kappa shape index (κ2) is 7.27. The van der Waals surface area contributed by atoms with Crippen molar-refractivity contribution in [3.05, 3.63) is 64.5 Å². The molecule has 3 nitrogen and oxygen atoms in total. The maximum absolute atomic E-state index is 5.52. The number of thiophene rings is 1. The van der Waals surface area contributed by atoms with E-state index in [9.17, 15) is 0 Å². The van der Waals surface area contributed by atoms with E-state index in [2.05, 4.69) is 64.6 Å². The molecule has 0 amide bonds. The number of benzene rings is 2. The molecule has 0 saturated carbocycles. The third-order valence-corrected chi connectivity index (χ3v) is 6.92. The molecule has 27 heavy (non-hydrogen) atoms. The van der Waals surface area contributed by atoms with E-state index >= 15 is 0 Å². The van der Waals surface area contributed by atoms with Gasteiger partial charge >= 0.3 is 0 Å². The first-order valence-corrected chi connectivity index (χ1v) is 10.8. The third-order valence-electron chi connectivity index (χ3n) is 6.04. The Balaban J connectivity index is 1.53. The van der Waals surface area contributed by atoms with Gasteiger partial charge in [0.2, 0.25) is 0 Å². The van der Waals surface area contributed by atoms with Crippen LogP contribution in [0.1, 0.15) is 29.5 Å². The molecule has 0 spiro atoms. The highest BCUT2D eigenvalue weighted by molar-refractivity contribution is 7.17. The smallest absolute Gasteiger partial charge is 0.0642 e. The molecule has 5 rings (SSSR count). The molecule has 1 saturated heterocycles. The maximum Gasteiger partial charge on any atom is 0.0642 e. The molecule has 2 aliphatic rings. The van der Waals surface area contributed by atoms with E-state index in [-0.39, 0.29) is 0 Å². The zero-order valence-electron chi connectivity index (χ0n) is 15.9. The standard InChI is InChI=1S/C23H26N2OS/c1-2-24-15-19-13-20(25-8-10-26-11-9-25)5-6-21(19)22(16-24)18-4-3-17-7-12-27-23(17)14-18/h3-7,12-14,22H,2,8-11,15-16H2,1H3. The quantitative estimate of drug-likeness (QED) is 0.657. The minimum atomic E-state index is 0.457. The van der Waals surface area contributed by atoms with E-state index < -0.39 is 0 Å². The van der Waals surface area contributed by atoms with Crippen LogP contribution >= 0.6 is 11.3 Å². The summed E-state index contributed by atoms with van der Waals surface area (Å²) in [4.78, 5) is 5.04. The van der Waals surface area contributed by atoms with Gasteiger partial charge in [-0.25, -0.2) is 0 Å². The number of morpholine rings is 1. The molecule has 1 atom stereocenters. The molecule has 2 aromatic carbocycles. The van der Waals surface area contributed by atoms with Crippen molar-refractivity contribution in [3.8, 4) is 0 Å². The summed E-state index contributed by atoms with van der Waals surface area (Å²) in [6.07, 6.45) is 0. The van der Waals surface area contributed by atoms with Crippen LogP contribution in [0, 0.1) is 0 Å². The largest absolute Gasteiger partial charge is 0.378 e. The Morgan fingerprint density at radius 2 is 1.96 bits per heavy atom. The van der Waals surface area contributed by atoms with Crippen LogP contribution in [0.2, 0.25) is 0 Å². The molecular weight excluding hydrogens is 352 g/mol. The number of rotatable bonds is 3. The highest BCUT2D eigenvalue weighted by Gasteiger charge is 2.27. The molecule has 4 heteroatoms. The van der Waals surface area contributed by atoms with Crippen molar-refractivity contribution in [3.63, 3.8) is 0 Å². The number of fused-ring (bicyclic) bond motifs is 2. The molecule has 0 N–H and O–H groups in total. The van der Waals surface area contributed by atoms with Crippen LogP contribution in [0.15, 0.2) is 47.8 Å². The van der Waals surface area contributed by atoms with Gasteiger partial charge < -0.3 is 9.64 Å². The summed E-state index contributed by atoms with van der Waals surface area (Å²) in [5.74, 6) is 0.457. The summed E-state index contributed by atoms with van der Waals surface area (Å²) in [7, 11) is 0. The molecule has 3 aromatic rings. The van der Waals surface area contributed by atoms with E-state index in [0.29, 0.717) is 5.92 Å². The molecular formula is C23H26N2OS. The zero-order chi connectivity index (χ0) is 18.2. The van der Waals surface area contributed by atoms with Gasteiger partial charge in [-0.1, -0.05) is 25.1 Å². The van der Waals surface area contributed by atoms with Crippen LogP contribution in [-0.2, 0) is 11.3 Å². The molecule has 140 valence electrons. The molecule has 0 bridgehead atoms. The van der Waals surface area contributed by atoms with E-state index in [1.165, 1.54) is 32.5 Å². The summed E-state index contributed by atoms with van der Waals surface area (Å²) < 4.78 is 6.92. The lowest BCUT2D eigenvalue weighted by Crippen LogP contribution is -2.37. The van der Waals surface area contributed by atoms with Crippen molar-refractivity contribution in [2.24, 2.45) is 0 Å². The number of likely N-dealkylation sites (N-methyl/N-ethyl adjacent to an activating group) is 1. The van der Waals surface area contributed by atoms with Crippen molar-refractivity contribution in [1.29, 1.82) is 0 Å². The fourth-order valence-electron chi connectivity index (χ4n) is 4.46. The first kappa shape index (κ1) is 17.2. The Labute approximate surface area is 165 Å². The van der Waals surface area contributed by atoms with Gasteiger partial charge in [0.1, 0.15) is 0 Å². The average Bonchev–Trinajstić information content (AvgIpc) is 3.21. The van der Waals surface area contributed by atoms with Gasteiger partial charge in [-0.3, -0.25) is 4.90 Å². The minimum absolute atomic E-state index is 0.457. The summed E-state index contributed by atoms with van der Waals surface area (Å²) in [5, 5.41) is 3.55. The van der Waals surface area contributed by atoms with Gasteiger partial charge in [-0.2, -0.15) is 0 Å². The van der Waals surface area contributed by atoms with Crippen molar-refractivity contribution < 1.29 is 4.74 Å². The van der Waals surface area contributed by atoms with Crippen LogP contribution in [0.3, 0.4) is 0 Å². The molecule has 2 aliphatic heterocycles. The average molecular weight is 379 g/mol. The van der Waals surface area contributed by atoms with Crippen LogP contribution in [0.5, 0.6) is 0 Å². The maximum atomic E-state index is 5.52. The molecule has 1 fully saturated rings. The SMILES string of the molecule is CCN1Cc2cc(N3CCOCC3)ccc2C(c2ccc3ccsc3c2)C1. The summed E-state index contributed by atoms with van der Waals surface area (Å²) in [5.41, 5.74) is 5.79. The van der Waals surface area contributed by atoms with Crippen LogP contribution < -0.4 is 4.90 Å². The topological polar surface area (TPSA) is 15.7 Å². The zero-order valence-corrected chi connectivity index (χ0v) is 16.7. The Bertz CT molecular complexity index is 944. The first-order valence-electron chi connectivity index (χ1n) is 9.97. The number of hydrogen-bond acceptors (Lipinski definition) is 4. The predicted molar refractivity (Wildman–Crippen MR) is 114 cm³/mol. The predicted octanol–water partition coefficient (Wildman–Crippen LogP) is 4.71. The molecule has 0 radical (unpaired) electrons. The Morgan fingerprint density at radius 3 is 2.81 bits per heavy atom. The molecule has 0 aliphatic carbocycles. The Hall–Kier alpha value is -1.88. The van der Waals surface area contributed by atoms with Crippen LogP contribution in [-0.4, -0.2) is 44.3 Å². The lowest BCUT2D eigenvalue weighted by molar-refractivity contribution is 0.122. The van der Waals surface area contributed by atoms with Gasteiger partial charge in [0.25, 0.3) is 0 Å². The summed E-state index contributed by atoms with van der Waals surface area (Å²) >= 11 is 1.84. The second-order valence-electron chi connectivity index (χ2n) is 7.58. The van der Waals surface area contributed by atoms with Gasteiger partial charge in [0, 0.05) is 42.5 Å². The van der Waals surface area contributed by atoms with E-state index in [0.717, 1.165) is 45.9 Å². The lowest BCUT2D eigenvalue weighted by Gasteiger charge is -2.36. The number of anilines is 1. The van der Waals surface area contributed by atoms with Gasteiger partial charge in [0.05, 0.1) is 13.2 Å². The molecule has 1 unspecified atom stereocenters. The number of nitrogens with zero attached hydrogens (tertiary/aromatic N) is 2. The molecule has 1 aromatic heterocycles. The highest BCUT2D eigenvalue weighted by Crippen LogP contribution is 2.37. The normalized spacial score (nSPS) is 20.8. The monoisotopic (exact) mass is 378 g/mol. The third kappa shape index (κ3) is 3.27. The first-order chi connectivity index (χ1) is 13.3. The van der Waals surface area contributed by atoms with Crippen molar-refractivity contribution >= 4 is 27.1 Å². The minimum Gasteiger partial charge on any atom is -0.378 e. The summed E-state index contributed by atoms with van der Waals surface area (Å²) in [6.45, 7) is 9.20. The van der Waals surface area contributed by atoms with Crippen molar-refractivity contribution in [1.82, 2.24) is 4.90 Å². The van der Waals surface area contributed by atoms with Crippen LogP contribution in [0.4, 0.5) is 5.69 Å².